The van der Waals surface area contributed by atoms with E-state index >= 15 is 0 Å². The first-order valence-corrected chi connectivity index (χ1v) is 5.13. The second kappa shape index (κ2) is 3.42. The van der Waals surface area contributed by atoms with Crippen molar-refractivity contribution in [3.05, 3.63) is 23.3 Å². The summed E-state index contributed by atoms with van der Waals surface area (Å²) in [5.74, 6) is 1.56. The van der Waals surface area contributed by atoms with Gasteiger partial charge in [-0.2, -0.15) is 0 Å². The van der Waals surface area contributed by atoms with Gasteiger partial charge in [0.05, 0.1) is 14.2 Å². The zero-order chi connectivity index (χ0) is 11.1. The molecule has 0 aliphatic heterocycles. The van der Waals surface area contributed by atoms with E-state index < -0.39 is 0 Å². The Hall–Kier alpha value is -1.22. The molecule has 0 bridgehead atoms. The van der Waals surface area contributed by atoms with Gasteiger partial charge >= 0.3 is 0 Å². The Balaban J connectivity index is 2.51. The third kappa shape index (κ3) is 1.57. The minimum Gasteiger partial charge on any atom is -0.493 e. The molecule has 1 aromatic carbocycles. The molecule has 2 rings (SSSR count). The molecule has 0 radical (unpaired) electrons. The molecule has 3 heteroatoms. The molecule has 1 aliphatic carbocycles. The molecule has 1 aliphatic rings. The number of rotatable bonds is 3. The van der Waals surface area contributed by atoms with E-state index in [4.69, 9.17) is 15.2 Å². The average Bonchev–Trinajstić information content (AvgIpc) is 2.96. The zero-order valence-corrected chi connectivity index (χ0v) is 9.46. The van der Waals surface area contributed by atoms with Crippen LogP contribution in [0.25, 0.3) is 0 Å². The van der Waals surface area contributed by atoms with Crippen LogP contribution in [-0.4, -0.2) is 14.2 Å². The van der Waals surface area contributed by atoms with Crippen molar-refractivity contribution in [1.82, 2.24) is 0 Å². The van der Waals surface area contributed by atoms with E-state index in [-0.39, 0.29) is 5.54 Å². The molecule has 0 spiro atoms. The van der Waals surface area contributed by atoms with E-state index in [0.29, 0.717) is 0 Å². The van der Waals surface area contributed by atoms with Gasteiger partial charge in [0.2, 0.25) is 0 Å². The van der Waals surface area contributed by atoms with Crippen molar-refractivity contribution in [1.29, 1.82) is 0 Å². The largest absolute Gasteiger partial charge is 0.493 e. The van der Waals surface area contributed by atoms with E-state index in [1.165, 1.54) is 5.56 Å². The minimum atomic E-state index is -0.121. The van der Waals surface area contributed by atoms with Gasteiger partial charge in [0.25, 0.3) is 0 Å². The van der Waals surface area contributed by atoms with Crippen LogP contribution in [0, 0.1) is 6.92 Å². The summed E-state index contributed by atoms with van der Waals surface area (Å²) in [6.07, 6.45) is 2.12. The number of hydrogen-bond donors (Lipinski definition) is 1. The lowest BCUT2D eigenvalue weighted by Gasteiger charge is -2.17. The summed E-state index contributed by atoms with van der Waals surface area (Å²) in [7, 11) is 3.30. The molecule has 3 nitrogen and oxygen atoms in total. The van der Waals surface area contributed by atoms with E-state index in [0.717, 1.165) is 29.9 Å². The van der Waals surface area contributed by atoms with E-state index in [1.807, 2.05) is 19.1 Å². The Labute approximate surface area is 90.2 Å². The normalized spacial score (nSPS) is 17.3. The standard InChI is InChI=1S/C12H17NO2/c1-8-9(12(13)6-7-12)4-5-10(14-2)11(8)15-3/h4-5H,6-7,13H2,1-3H3. The molecule has 0 unspecified atom stereocenters. The first-order chi connectivity index (χ1) is 7.12. The maximum Gasteiger partial charge on any atom is 0.163 e. The van der Waals surface area contributed by atoms with Crippen molar-refractivity contribution >= 4 is 0 Å². The maximum absolute atomic E-state index is 6.19. The van der Waals surface area contributed by atoms with Crippen LogP contribution in [0.4, 0.5) is 0 Å². The van der Waals surface area contributed by atoms with Crippen molar-refractivity contribution < 1.29 is 9.47 Å². The van der Waals surface area contributed by atoms with Crippen molar-refractivity contribution in [2.24, 2.45) is 5.73 Å². The summed E-state index contributed by atoms with van der Waals surface area (Å²) in [6.45, 7) is 2.03. The van der Waals surface area contributed by atoms with E-state index in [2.05, 4.69) is 0 Å². The third-order valence-corrected chi connectivity index (χ3v) is 3.12. The number of methoxy groups -OCH3 is 2. The van der Waals surface area contributed by atoms with Crippen LogP contribution in [0.2, 0.25) is 0 Å². The van der Waals surface area contributed by atoms with Crippen LogP contribution in [-0.2, 0) is 5.54 Å². The summed E-state index contributed by atoms with van der Waals surface area (Å²) >= 11 is 0. The average molecular weight is 207 g/mol. The fourth-order valence-electron chi connectivity index (χ4n) is 2.02. The fourth-order valence-corrected chi connectivity index (χ4v) is 2.02. The van der Waals surface area contributed by atoms with Gasteiger partial charge in [-0.25, -0.2) is 0 Å². The Morgan fingerprint density at radius 3 is 2.33 bits per heavy atom. The quantitative estimate of drug-likeness (QED) is 0.824. The van der Waals surface area contributed by atoms with Crippen LogP contribution in [0.15, 0.2) is 12.1 Å². The van der Waals surface area contributed by atoms with Crippen LogP contribution >= 0.6 is 0 Å². The SMILES string of the molecule is COc1ccc(C2(N)CC2)c(C)c1OC. The second-order valence-corrected chi connectivity index (χ2v) is 4.13. The molecule has 2 N–H and O–H groups in total. The van der Waals surface area contributed by atoms with Crippen molar-refractivity contribution in [3.8, 4) is 11.5 Å². The smallest absolute Gasteiger partial charge is 0.163 e. The summed E-state index contributed by atoms with van der Waals surface area (Å²) in [4.78, 5) is 0. The predicted molar refractivity (Wildman–Crippen MR) is 59.4 cm³/mol. The molecule has 1 aromatic rings. The minimum absolute atomic E-state index is 0.121. The molecule has 15 heavy (non-hydrogen) atoms. The fraction of sp³-hybridized carbons (Fsp3) is 0.500. The lowest BCUT2D eigenvalue weighted by molar-refractivity contribution is 0.352. The molecule has 0 amide bonds. The van der Waals surface area contributed by atoms with Crippen LogP contribution in [0.3, 0.4) is 0 Å². The molecule has 0 aromatic heterocycles. The Bertz CT molecular complexity index is 383. The number of hydrogen-bond acceptors (Lipinski definition) is 3. The molecule has 0 heterocycles. The van der Waals surface area contributed by atoms with Crippen LogP contribution in [0.5, 0.6) is 11.5 Å². The van der Waals surface area contributed by atoms with Crippen molar-refractivity contribution in [3.63, 3.8) is 0 Å². The summed E-state index contributed by atoms with van der Waals surface area (Å²) in [5, 5.41) is 0. The number of nitrogens with two attached hydrogens (primary N) is 1. The first-order valence-electron chi connectivity index (χ1n) is 5.13. The lowest BCUT2D eigenvalue weighted by atomic mass is 9.99. The molecule has 0 atom stereocenters. The Kier molecular flexibility index (Phi) is 2.35. The third-order valence-electron chi connectivity index (χ3n) is 3.12. The van der Waals surface area contributed by atoms with Crippen molar-refractivity contribution in [2.75, 3.05) is 14.2 Å². The Morgan fingerprint density at radius 2 is 1.87 bits per heavy atom. The van der Waals surface area contributed by atoms with Gasteiger partial charge in [-0.15, -0.1) is 0 Å². The summed E-state index contributed by atoms with van der Waals surface area (Å²) in [5.41, 5.74) is 8.34. The predicted octanol–water partition coefficient (Wildman–Crippen LogP) is 1.96. The second-order valence-electron chi connectivity index (χ2n) is 4.13. The van der Waals surface area contributed by atoms with Gasteiger partial charge in [0, 0.05) is 5.54 Å². The highest BCUT2D eigenvalue weighted by molar-refractivity contribution is 5.53. The van der Waals surface area contributed by atoms with Gasteiger partial charge in [-0.05, 0) is 37.0 Å². The molecule has 82 valence electrons. The van der Waals surface area contributed by atoms with Gasteiger partial charge in [0.15, 0.2) is 11.5 Å². The zero-order valence-electron chi connectivity index (χ0n) is 9.46. The molecular weight excluding hydrogens is 190 g/mol. The summed E-state index contributed by atoms with van der Waals surface area (Å²) in [6, 6.07) is 3.97. The molecule has 1 fully saturated rings. The molecular formula is C12H17NO2. The van der Waals surface area contributed by atoms with E-state index in [9.17, 15) is 0 Å². The van der Waals surface area contributed by atoms with Gasteiger partial charge < -0.3 is 15.2 Å². The highest BCUT2D eigenvalue weighted by atomic mass is 16.5. The highest BCUT2D eigenvalue weighted by Gasteiger charge is 2.41. The van der Waals surface area contributed by atoms with Gasteiger partial charge in [0.1, 0.15) is 0 Å². The monoisotopic (exact) mass is 207 g/mol. The number of benzene rings is 1. The lowest BCUT2D eigenvalue weighted by Crippen LogP contribution is -2.20. The topological polar surface area (TPSA) is 44.5 Å². The van der Waals surface area contributed by atoms with Crippen molar-refractivity contribution in [2.45, 2.75) is 25.3 Å². The highest BCUT2D eigenvalue weighted by Crippen LogP contribution is 2.47. The molecule has 1 saturated carbocycles. The van der Waals surface area contributed by atoms with Crippen LogP contribution < -0.4 is 15.2 Å². The van der Waals surface area contributed by atoms with E-state index in [1.54, 1.807) is 14.2 Å². The first kappa shape index (κ1) is 10.3. The maximum atomic E-state index is 6.19. The van der Waals surface area contributed by atoms with Gasteiger partial charge in [-0.3, -0.25) is 0 Å². The van der Waals surface area contributed by atoms with Gasteiger partial charge in [-0.1, -0.05) is 6.07 Å². The number of ether oxygens (including phenoxy) is 2. The molecule has 0 saturated heterocycles. The summed E-state index contributed by atoms with van der Waals surface area (Å²) < 4.78 is 10.6. The van der Waals surface area contributed by atoms with Crippen LogP contribution in [0.1, 0.15) is 24.0 Å². The Morgan fingerprint density at radius 1 is 1.20 bits per heavy atom.